The highest BCUT2D eigenvalue weighted by atomic mass is 15.2. The Bertz CT molecular complexity index is 1090. The van der Waals surface area contributed by atoms with Crippen molar-refractivity contribution in [3.63, 3.8) is 0 Å². The normalized spacial score (nSPS) is 17.2. The number of hydrogen-bond acceptors (Lipinski definition) is 2. The molecule has 4 aliphatic rings. The molecule has 0 amide bonds. The highest BCUT2D eigenvalue weighted by molar-refractivity contribution is 7.00. The van der Waals surface area contributed by atoms with Gasteiger partial charge in [0.2, 0.25) is 0 Å². The molecule has 4 heterocycles. The Labute approximate surface area is 160 Å². The van der Waals surface area contributed by atoms with E-state index in [0.29, 0.717) is 6.71 Å². The first kappa shape index (κ1) is 14.4. The Kier molecular flexibility index (Phi) is 2.45. The summed E-state index contributed by atoms with van der Waals surface area (Å²) in [4.78, 5) is 5.20. The summed E-state index contributed by atoms with van der Waals surface area (Å²) in [7, 11) is 0. The van der Waals surface area contributed by atoms with Gasteiger partial charge >= 0.3 is 0 Å². The van der Waals surface area contributed by atoms with Crippen LogP contribution in [0.5, 0.6) is 0 Å². The van der Waals surface area contributed by atoms with Crippen LogP contribution in [-0.4, -0.2) is 19.8 Å². The zero-order valence-electron chi connectivity index (χ0n) is 15.8. The fourth-order valence-electron chi connectivity index (χ4n) is 6.18. The van der Waals surface area contributed by atoms with Crippen LogP contribution < -0.4 is 26.2 Å². The lowest BCUT2D eigenvalue weighted by atomic mass is 9.33. The molecule has 0 aromatic heterocycles. The molecule has 0 radical (unpaired) electrons. The largest absolute Gasteiger partial charge is 0.342 e. The van der Waals surface area contributed by atoms with Crippen LogP contribution >= 0.6 is 0 Å². The highest BCUT2D eigenvalue weighted by Gasteiger charge is 2.46. The smallest absolute Gasteiger partial charge is 0.252 e. The van der Waals surface area contributed by atoms with Gasteiger partial charge in [0.05, 0.1) is 0 Å². The molecule has 0 bridgehead atoms. The van der Waals surface area contributed by atoms with Gasteiger partial charge < -0.3 is 9.80 Å². The molecule has 3 aromatic rings. The maximum atomic E-state index is 2.60. The van der Waals surface area contributed by atoms with E-state index in [9.17, 15) is 0 Å². The zero-order valence-corrected chi connectivity index (χ0v) is 15.8. The van der Waals surface area contributed by atoms with Crippen molar-refractivity contribution in [1.82, 2.24) is 0 Å². The Morgan fingerprint density at radius 1 is 0.704 bits per heavy atom. The monoisotopic (exact) mass is 348 g/mol. The van der Waals surface area contributed by atoms with Crippen molar-refractivity contribution >= 4 is 45.9 Å². The molecule has 4 aliphatic heterocycles. The molecule has 0 N–H and O–H groups in total. The van der Waals surface area contributed by atoms with Crippen LogP contribution in [0.25, 0.3) is 0 Å². The molecule has 130 valence electrons. The lowest BCUT2D eigenvalue weighted by molar-refractivity contribution is 0.984. The first-order valence-corrected chi connectivity index (χ1v) is 10.2. The average Bonchev–Trinajstić information content (AvgIpc) is 3.32. The highest BCUT2D eigenvalue weighted by Crippen LogP contribution is 2.44. The van der Waals surface area contributed by atoms with Crippen LogP contribution in [-0.2, 0) is 12.8 Å². The van der Waals surface area contributed by atoms with Crippen molar-refractivity contribution in [3.8, 4) is 0 Å². The molecule has 0 atom stereocenters. The van der Waals surface area contributed by atoms with Gasteiger partial charge in [0.1, 0.15) is 0 Å². The Balaban J connectivity index is 1.64. The maximum absolute atomic E-state index is 2.60. The van der Waals surface area contributed by atoms with E-state index in [4.69, 9.17) is 0 Å². The molecule has 0 aliphatic carbocycles. The summed E-state index contributed by atoms with van der Waals surface area (Å²) < 4.78 is 0. The number of nitrogens with zero attached hydrogens (tertiary/aromatic N) is 2. The molecular formula is C24H21BN2. The third kappa shape index (κ3) is 1.53. The van der Waals surface area contributed by atoms with Gasteiger partial charge in [-0.25, -0.2) is 0 Å². The minimum absolute atomic E-state index is 0.378. The zero-order chi connectivity index (χ0) is 17.9. The predicted octanol–water partition coefficient (Wildman–Crippen LogP) is 2.83. The van der Waals surface area contributed by atoms with Crippen LogP contribution in [0.2, 0.25) is 0 Å². The Hall–Kier alpha value is -2.68. The first-order chi connectivity index (χ1) is 13.2. The van der Waals surface area contributed by atoms with Crippen LogP contribution in [0.3, 0.4) is 0 Å². The minimum Gasteiger partial charge on any atom is -0.342 e. The molecule has 2 nitrogen and oxygen atoms in total. The molecule has 0 saturated carbocycles. The Morgan fingerprint density at radius 3 is 1.74 bits per heavy atom. The molecule has 0 spiro atoms. The van der Waals surface area contributed by atoms with Gasteiger partial charge in [-0.2, -0.15) is 0 Å². The molecule has 0 fully saturated rings. The molecule has 3 aromatic carbocycles. The van der Waals surface area contributed by atoms with Crippen LogP contribution in [0.15, 0.2) is 42.5 Å². The van der Waals surface area contributed by atoms with Gasteiger partial charge in [-0.1, -0.05) is 30.3 Å². The summed E-state index contributed by atoms with van der Waals surface area (Å²) in [5.74, 6) is 0. The van der Waals surface area contributed by atoms with Gasteiger partial charge in [0.25, 0.3) is 6.71 Å². The molecule has 27 heavy (non-hydrogen) atoms. The fraction of sp³-hybridized carbons (Fsp3) is 0.250. The minimum atomic E-state index is 0.378. The summed E-state index contributed by atoms with van der Waals surface area (Å²) in [5, 5.41) is 0. The molecule has 3 heteroatoms. The van der Waals surface area contributed by atoms with Crippen LogP contribution in [0, 0.1) is 13.8 Å². The van der Waals surface area contributed by atoms with E-state index in [1.165, 1.54) is 63.1 Å². The lowest BCUT2D eigenvalue weighted by Crippen LogP contribution is -2.61. The van der Waals surface area contributed by atoms with E-state index < -0.39 is 0 Å². The summed E-state index contributed by atoms with van der Waals surface area (Å²) in [6, 6.07) is 16.5. The standard InChI is InChI=1S/C24H21BN2/c1-14-6-8-18-23-16(14)10-12-26(23)20-4-3-5-21-22(20)25(18)19-9-7-15(2)17-11-13-27(21)24(17)19/h3-9H,10-13H2,1-2H3. The first-order valence-electron chi connectivity index (χ1n) is 10.2. The number of hydrogen-bond donors (Lipinski definition) is 0. The van der Waals surface area contributed by atoms with Crippen molar-refractivity contribution in [2.75, 3.05) is 22.9 Å². The van der Waals surface area contributed by atoms with Crippen molar-refractivity contribution in [3.05, 3.63) is 64.7 Å². The molecule has 7 rings (SSSR count). The van der Waals surface area contributed by atoms with Crippen molar-refractivity contribution in [2.45, 2.75) is 26.7 Å². The van der Waals surface area contributed by atoms with E-state index >= 15 is 0 Å². The van der Waals surface area contributed by atoms with E-state index in [1.54, 1.807) is 11.1 Å². The van der Waals surface area contributed by atoms with Crippen molar-refractivity contribution in [2.24, 2.45) is 0 Å². The van der Waals surface area contributed by atoms with E-state index in [1.807, 2.05) is 0 Å². The van der Waals surface area contributed by atoms with Crippen molar-refractivity contribution < 1.29 is 0 Å². The molecule has 0 saturated heterocycles. The molecular weight excluding hydrogens is 327 g/mol. The Morgan fingerprint density at radius 2 is 1.22 bits per heavy atom. The number of rotatable bonds is 0. The maximum Gasteiger partial charge on any atom is 0.252 e. The van der Waals surface area contributed by atoms with E-state index in [2.05, 4.69) is 66.1 Å². The topological polar surface area (TPSA) is 6.48 Å². The summed E-state index contributed by atoms with van der Waals surface area (Å²) in [5.41, 5.74) is 16.5. The van der Waals surface area contributed by atoms with Gasteiger partial charge in [-0.05, 0) is 77.5 Å². The van der Waals surface area contributed by atoms with E-state index in [-0.39, 0.29) is 0 Å². The number of aryl methyl sites for hydroxylation is 2. The summed E-state index contributed by atoms with van der Waals surface area (Å²) in [6.07, 6.45) is 2.34. The SMILES string of the molecule is Cc1ccc2c3c1CCN3c1cccc3c1B2c1ccc(C)c2c1N3CC2. The average molecular weight is 348 g/mol. The van der Waals surface area contributed by atoms with Crippen LogP contribution in [0.4, 0.5) is 22.7 Å². The van der Waals surface area contributed by atoms with Gasteiger partial charge in [0, 0.05) is 35.8 Å². The molecule has 0 unspecified atom stereocenters. The second kappa shape index (κ2) is 4.59. The second-order valence-corrected chi connectivity index (χ2v) is 8.54. The number of benzene rings is 3. The van der Waals surface area contributed by atoms with Gasteiger partial charge in [0.15, 0.2) is 0 Å². The van der Waals surface area contributed by atoms with Gasteiger partial charge in [-0.3, -0.25) is 0 Å². The van der Waals surface area contributed by atoms with Crippen LogP contribution in [0.1, 0.15) is 22.3 Å². The fourth-order valence-corrected chi connectivity index (χ4v) is 6.18. The third-order valence-corrected chi connectivity index (χ3v) is 7.36. The van der Waals surface area contributed by atoms with E-state index in [0.717, 1.165) is 13.1 Å². The number of anilines is 4. The van der Waals surface area contributed by atoms with Gasteiger partial charge in [-0.15, -0.1) is 0 Å². The van der Waals surface area contributed by atoms with Crippen molar-refractivity contribution in [1.29, 1.82) is 0 Å². The summed E-state index contributed by atoms with van der Waals surface area (Å²) in [6.45, 7) is 7.16. The summed E-state index contributed by atoms with van der Waals surface area (Å²) >= 11 is 0. The second-order valence-electron chi connectivity index (χ2n) is 8.54. The number of fused-ring (bicyclic) bond motifs is 4. The lowest BCUT2D eigenvalue weighted by Gasteiger charge is -2.41. The third-order valence-electron chi connectivity index (χ3n) is 7.36. The predicted molar refractivity (Wildman–Crippen MR) is 115 cm³/mol. The quantitative estimate of drug-likeness (QED) is 0.577.